The summed E-state index contributed by atoms with van der Waals surface area (Å²) in [6.07, 6.45) is 11.6. The van der Waals surface area contributed by atoms with Crippen molar-refractivity contribution in [3.8, 4) is 0 Å². The van der Waals surface area contributed by atoms with Crippen molar-refractivity contribution in [2.24, 2.45) is 5.10 Å². The first kappa shape index (κ1) is 17.1. The Morgan fingerprint density at radius 2 is 1.50 bits per heavy atom. The predicted molar refractivity (Wildman–Crippen MR) is 78.8 cm³/mol. The summed E-state index contributed by atoms with van der Waals surface area (Å²) in [5.41, 5.74) is 3.57. The van der Waals surface area contributed by atoms with Crippen LogP contribution < -0.4 is 5.43 Å². The Bertz CT molecular complexity index is 237. The maximum Gasteiger partial charge on any atom is 0.240 e. The van der Waals surface area contributed by atoms with Crippen molar-refractivity contribution in [1.29, 1.82) is 0 Å². The molecule has 1 N–H and O–H groups in total. The maximum absolute atomic E-state index is 11.4. The first-order valence-electron chi connectivity index (χ1n) is 7.52. The van der Waals surface area contributed by atoms with Crippen molar-refractivity contribution >= 4 is 11.6 Å². The molecule has 18 heavy (non-hydrogen) atoms. The fraction of sp³-hybridized carbons (Fsp3) is 0.867. The molecule has 0 radical (unpaired) electrons. The highest BCUT2D eigenvalue weighted by Gasteiger charge is 1.99. The molecule has 0 saturated heterocycles. The Morgan fingerprint density at radius 1 is 0.944 bits per heavy atom. The molecule has 0 aromatic heterocycles. The number of amides is 1. The summed E-state index contributed by atoms with van der Waals surface area (Å²) in [5.74, 6) is 0.0498. The Hall–Kier alpha value is -0.860. The van der Waals surface area contributed by atoms with Gasteiger partial charge in [-0.15, -0.1) is 0 Å². The van der Waals surface area contributed by atoms with Gasteiger partial charge in [-0.25, -0.2) is 5.43 Å². The van der Waals surface area contributed by atoms with Crippen LogP contribution in [0.3, 0.4) is 0 Å². The third-order valence-electron chi connectivity index (χ3n) is 3.14. The fourth-order valence-electron chi connectivity index (χ4n) is 1.71. The van der Waals surface area contributed by atoms with Crippen molar-refractivity contribution in [1.82, 2.24) is 5.43 Å². The standard InChI is InChI=1S/C15H30N2O/c1-4-6-7-8-9-10-11-12-13-15(18)17-16-14(3)5-2/h4-13H2,1-3H3,(H,17,18)/b16-14+. The lowest BCUT2D eigenvalue weighted by molar-refractivity contribution is -0.121. The van der Waals surface area contributed by atoms with E-state index in [0.29, 0.717) is 6.42 Å². The lowest BCUT2D eigenvalue weighted by atomic mass is 10.1. The highest BCUT2D eigenvalue weighted by molar-refractivity contribution is 5.84. The summed E-state index contributed by atoms with van der Waals surface area (Å²) in [4.78, 5) is 11.4. The molecular formula is C15H30N2O. The molecule has 0 saturated carbocycles. The van der Waals surface area contributed by atoms with E-state index >= 15 is 0 Å². The van der Waals surface area contributed by atoms with E-state index in [2.05, 4.69) is 17.5 Å². The topological polar surface area (TPSA) is 41.5 Å². The Balaban J connectivity index is 3.30. The molecule has 0 heterocycles. The summed E-state index contributed by atoms with van der Waals surface area (Å²) in [6.45, 7) is 6.20. The fourth-order valence-corrected chi connectivity index (χ4v) is 1.71. The van der Waals surface area contributed by atoms with E-state index in [9.17, 15) is 4.79 Å². The van der Waals surface area contributed by atoms with Crippen LogP contribution in [0.1, 0.15) is 85.0 Å². The van der Waals surface area contributed by atoms with Gasteiger partial charge >= 0.3 is 0 Å². The molecule has 0 atom stereocenters. The zero-order chi connectivity index (χ0) is 13.6. The minimum atomic E-state index is 0.0498. The highest BCUT2D eigenvalue weighted by Crippen LogP contribution is 2.09. The van der Waals surface area contributed by atoms with Gasteiger partial charge in [-0.2, -0.15) is 5.10 Å². The molecule has 3 heteroatoms. The summed E-state index contributed by atoms with van der Waals surface area (Å²) in [5, 5.41) is 4.01. The van der Waals surface area contributed by atoms with Crippen LogP contribution in [0, 0.1) is 0 Å². The highest BCUT2D eigenvalue weighted by atomic mass is 16.2. The zero-order valence-electron chi connectivity index (χ0n) is 12.4. The molecule has 0 fully saturated rings. The third-order valence-corrected chi connectivity index (χ3v) is 3.14. The summed E-state index contributed by atoms with van der Waals surface area (Å²) in [6, 6.07) is 0. The number of hydrogen-bond donors (Lipinski definition) is 1. The molecule has 0 aliphatic carbocycles. The van der Waals surface area contributed by atoms with Crippen LogP contribution in [-0.2, 0) is 4.79 Å². The van der Waals surface area contributed by atoms with Crippen LogP contribution in [0.5, 0.6) is 0 Å². The Kier molecular flexibility index (Phi) is 12.0. The number of carbonyl (C=O) groups excluding carboxylic acids is 1. The second-order valence-electron chi connectivity index (χ2n) is 4.96. The number of hydrogen-bond acceptors (Lipinski definition) is 2. The average molecular weight is 254 g/mol. The van der Waals surface area contributed by atoms with E-state index in [-0.39, 0.29) is 5.91 Å². The Labute approximate surface area is 112 Å². The van der Waals surface area contributed by atoms with Crippen LogP contribution in [-0.4, -0.2) is 11.6 Å². The van der Waals surface area contributed by atoms with Crippen LogP contribution in [0.25, 0.3) is 0 Å². The van der Waals surface area contributed by atoms with Gasteiger partial charge in [-0.1, -0.05) is 58.8 Å². The predicted octanol–water partition coefficient (Wildman–Crippen LogP) is 4.42. The van der Waals surface area contributed by atoms with Gasteiger partial charge < -0.3 is 0 Å². The molecule has 106 valence electrons. The number of rotatable bonds is 11. The second-order valence-corrected chi connectivity index (χ2v) is 4.96. The van der Waals surface area contributed by atoms with E-state index in [1.165, 1.54) is 38.5 Å². The summed E-state index contributed by atoms with van der Waals surface area (Å²) >= 11 is 0. The molecule has 0 aromatic carbocycles. The lowest BCUT2D eigenvalue weighted by Crippen LogP contribution is -2.18. The molecule has 0 aliphatic heterocycles. The zero-order valence-corrected chi connectivity index (χ0v) is 12.4. The van der Waals surface area contributed by atoms with Crippen LogP contribution in [0.4, 0.5) is 0 Å². The first-order valence-corrected chi connectivity index (χ1v) is 7.52. The molecule has 0 bridgehead atoms. The second kappa shape index (κ2) is 12.6. The van der Waals surface area contributed by atoms with Crippen molar-refractivity contribution < 1.29 is 4.79 Å². The van der Waals surface area contributed by atoms with E-state index in [4.69, 9.17) is 0 Å². The molecule has 0 rings (SSSR count). The van der Waals surface area contributed by atoms with Gasteiger partial charge in [0.2, 0.25) is 5.91 Å². The molecule has 0 aromatic rings. The third kappa shape index (κ3) is 11.6. The van der Waals surface area contributed by atoms with E-state index < -0.39 is 0 Å². The monoisotopic (exact) mass is 254 g/mol. The summed E-state index contributed by atoms with van der Waals surface area (Å²) in [7, 11) is 0. The van der Waals surface area contributed by atoms with Gasteiger partial charge in [-0.3, -0.25) is 4.79 Å². The van der Waals surface area contributed by atoms with Crippen molar-refractivity contribution in [2.45, 2.75) is 85.0 Å². The molecule has 0 spiro atoms. The number of unbranched alkanes of at least 4 members (excludes halogenated alkanes) is 7. The van der Waals surface area contributed by atoms with Gasteiger partial charge in [-0.05, 0) is 19.8 Å². The molecule has 3 nitrogen and oxygen atoms in total. The number of carbonyl (C=O) groups is 1. The molecule has 0 aliphatic rings. The van der Waals surface area contributed by atoms with Gasteiger partial charge in [0, 0.05) is 12.1 Å². The SMILES string of the molecule is CCCCCCCCCCC(=O)N/N=C(\C)CC. The Morgan fingerprint density at radius 3 is 2.06 bits per heavy atom. The minimum absolute atomic E-state index is 0.0498. The van der Waals surface area contributed by atoms with E-state index in [1.807, 2.05) is 13.8 Å². The average Bonchev–Trinajstić information content (AvgIpc) is 2.39. The largest absolute Gasteiger partial charge is 0.273 e. The smallest absolute Gasteiger partial charge is 0.240 e. The van der Waals surface area contributed by atoms with Crippen LogP contribution in [0.2, 0.25) is 0 Å². The molecule has 1 amide bonds. The maximum atomic E-state index is 11.4. The van der Waals surface area contributed by atoms with Crippen LogP contribution in [0.15, 0.2) is 5.10 Å². The normalized spacial score (nSPS) is 11.6. The quantitative estimate of drug-likeness (QED) is 0.331. The van der Waals surface area contributed by atoms with Gasteiger partial charge in [0.15, 0.2) is 0 Å². The van der Waals surface area contributed by atoms with E-state index in [1.54, 1.807) is 0 Å². The number of nitrogens with zero attached hydrogens (tertiary/aromatic N) is 1. The summed E-state index contributed by atoms with van der Waals surface area (Å²) < 4.78 is 0. The number of nitrogens with one attached hydrogen (secondary N) is 1. The van der Waals surface area contributed by atoms with Gasteiger partial charge in [0.1, 0.15) is 0 Å². The van der Waals surface area contributed by atoms with Crippen molar-refractivity contribution in [2.75, 3.05) is 0 Å². The van der Waals surface area contributed by atoms with Crippen molar-refractivity contribution in [3.63, 3.8) is 0 Å². The lowest BCUT2D eigenvalue weighted by Gasteiger charge is -2.02. The van der Waals surface area contributed by atoms with Gasteiger partial charge in [0.05, 0.1) is 0 Å². The van der Waals surface area contributed by atoms with E-state index in [0.717, 1.165) is 25.0 Å². The molecular weight excluding hydrogens is 224 g/mol. The van der Waals surface area contributed by atoms with Crippen molar-refractivity contribution in [3.05, 3.63) is 0 Å². The first-order chi connectivity index (χ1) is 8.70. The minimum Gasteiger partial charge on any atom is -0.273 e. The van der Waals surface area contributed by atoms with Gasteiger partial charge in [0.25, 0.3) is 0 Å². The molecule has 0 unspecified atom stereocenters. The van der Waals surface area contributed by atoms with Crippen LogP contribution >= 0.6 is 0 Å². The number of hydrazone groups is 1.